The average molecular weight is 335 g/mol. The molecule has 1 aromatic heterocycles. The first kappa shape index (κ1) is 15.4. The number of halogens is 3. The van der Waals surface area contributed by atoms with Gasteiger partial charge in [0.15, 0.2) is 0 Å². The van der Waals surface area contributed by atoms with Gasteiger partial charge in [-0.2, -0.15) is 0 Å². The minimum atomic E-state index is -0.00996. The Hall–Kier alpha value is -0.970. The summed E-state index contributed by atoms with van der Waals surface area (Å²) in [6.07, 6.45) is 0. The molecule has 1 aromatic carbocycles. The molecule has 108 valence electrons. The molecule has 1 heterocycles. The van der Waals surface area contributed by atoms with Crippen LogP contribution in [0.4, 0.5) is 0 Å². The van der Waals surface area contributed by atoms with Gasteiger partial charge < -0.3 is 9.47 Å². The van der Waals surface area contributed by atoms with Crippen LogP contribution in [-0.4, -0.2) is 34.0 Å². The molecule has 2 aromatic rings. The zero-order valence-corrected chi connectivity index (χ0v) is 13.4. The number of carbonyl (C=O) groups excluding carboxylic acids is 1. The van der Waals surface area contributed by atoms with Crippen molar-refractivity contribution in [1.29, 1.82) is 0 Å². The number of rotatable bonds is 4. The fraction of sp³-hybridized carbons (Fsp3) is 0.385. The number of nitrogens with zero attached hydrogens (tertiary/aromatic N) is 3. The first-order valence-electron chi connectivity index (χ1n) is 6.12. The lowest BCUT2D eigenvalue weighted by Crippen LogP contribution is -2.30. The molecule has 4 nitrogen and oxygen atoms in total. The zero-order valence-electron chi connectivity index (χ0n) is 11.2. The van der Waals surface area contributed by atoms with Gasteiger partial charge in [-0.15, -0.1) is 11.6 Å². The largest absolute Gasteiger partial charge is 0.344 e. The van der Waals surface area contributed by atoms with Crippen LogP contribution in [0.2, 0.25) is 10.0 Å². The minimum Gasteiger partial charge on any atom is -0.344 e. The zero-order chi connectivity index (χ0) is 14.9. The number of aromatic nitrogens is 2. The second-order valence-corrected chi connectivity index (χ2v) is 5.49. The summed E-state index contributed by atoms with van der Waals surface area (Å²) in [6, 6.07) is 3.39. The first-order valence-corrected chi connectivity index (χ1v) is 7.41. The number of carbonyl (C=O) groups is 1. The normalized spacial score (nSPS) is 11.1. The number of likely N-dealkylation sites (N-methyl/N-ethyl adjacent to an activating group) is 1. The molecule has 0 fully saturated rings. The summed E-state index contributed by atoms with van der Waals surface area (Å²) >= 11 is 17.9. The van der Waals surface area contributed by atoms with E-state index in [9.17, 15) is 4.79 Å². The van der Waals surface area contributed by atoms with E-state index in [1.807, 2.05) is 6.92 Å². The van der Waals surface area contributed by atoms with E-state index < -0.39 is 0 Å². The lowest BCUT2D eigenvalue weighted by atomic mass is 10.3. The Bertz CT molecular complexity index is 654. The Morgan fingerprint density at radius 1 is 1.35 bits per heavy atom. The Morgan fingerprint density at radius 2 is 2.00 bits per heavy atom. The molecule has 0 bridgehead atoms. The maximum absolute atomic E-state index is 12.1. The van der Waals surface area contributed by atoms with Crippen LogP contribution < -0.4 is 0 Å². The summed E-state index contributed by atoms with van der Waals surface area (Å²) in [4.78, 5) is 18.1. The van der Waals surface area contributed by atoms with E-state index in [2.05, 4.69) is 4.98 Å². The van der Waals surface area contributed by atoms with Crippen LogP contribution >= 0.6 is 34.8 Å². The molecule has 1 amide bonds. The number of hydrogen-bond acceptors (Lipinski definition) is 2. The molecule has 0 atom stereocenters. The summed E-state index contributed by atoms with van der Waals surface area (Å²) < 4.78 is 1.78. The van der Waals surface area contributed by atoms with Gasteiger partial charge in [-0.1, -0.05) is 23.2 Å². The fourth-order valence-electron chi connectivity index (χ4n) is 1.88. The lowest BCUT2D eigenvalue weighted by Gasteiger charge is -2.16. The van der Waals surface area contributed by atoms with Crippen molar-refractivity contribution in [1.82, 2.24) is 14.5 Å². The van der Waals surface area contributed by atoms with Crippen molar-refractivity contribution >= 4 is 51.7 Å². The van der Waals surface area contributed by atoms with Gasteiger partial charge in [-0.3, -0.25) is 4.79 Å². The van der Waals surface area contributed by atoms with Crippen molar-refractivity contribution in [3.8, 4) is 0 Å². The van der Waals surface area contributed by atoms with E-state index >= 15 is 0 Å². The summed E-state index contributed by atoms with van der Waals surface area (Å²) in [5.74, 6) is 0.828. The average Bonchev–Trinajstić information content (AvgIpc) is 2.76. The van der Waals surface area contributed by atoms with Crippen molar-refractivity contribution < 1.29 is 4.79 Å². The highest BCUT2D eigenvalue weighted by Crippen LogP contribution is 2.28. The summed E-state index contributed by atoms with van der Waals surface area (Å²) in [7, 11) is 1.76. The van der Waals surface area contributed by atoms with Crippen LogP contribution in [0, 0.1) is 0 Å². The van der Waals surface area contributed by atoms with E-state index in [0.29, 0.717) is 27.9 Å². The van der Waals surface area contributed by atoms with Crippen molar-refractivity contribution in [2.24, 2.45) is 0 Å². The minimum absolute atomic E-state index is 0.00996. The second-order valence-electron chi connectivity index (χ2n) is 4.41. The van der Waals surface area contributed by atoms with E-state index in [1.54, 1.807) is 28.6 Å². The highest BCUT2D eigenvalue weighted by atomic mass is 35.5. The monoisotopic (exact) mass is 333 g/mol. The molecule has 20 heavy (non-hydrogen) atoms. The van der Waals surface area contributed by atoms with Gasteiger partial charge in [0.1, 0.15) is 12.4 Å². The third kappa shape index (κ3) is 2.87. The van der Waals surface area contributed by atoms with Crippen LogP contribution in [0.3, 0.4) is 0 Å². The number of fused-ring (bicyclic) bond motifs is 1. The Kier molecular flexibility index (Phi) is 4.78. The summed E-state index contributed by atoms with van der Waals surface area (Å²) in [5.41, 5.74) is 1.44. The summed E-state index contributed by atoms with van der Waals surface area (Å²) in [5, 5.41) is 0.861. The van der Waals surface area contributed by atoms with E-state index in [0.717, 1.165) is 5.52 Å². The molecule has 2 rings (SSSR count). The van der Waals surface area contributed by atoms with Gasteiger partial charge in [0, 0.05) is 13.6 Å². The Morgan fingerprint density at radius 3 is 2.60 bits per heavy atom. The van der Waals surface area contributed by atoms with E-state index in [-0.39, 0.29) is 18.3 Å². The van der Waals surface area contributed by atoms with Crippen LogP contribution in [0.25, 0.3) is 11.0 Å². The molecule has 0 aliphatic carbocycles. The number of benzene rings is 1. The SMILES string of the molecule is CCN(C)C(=O)Cn1c(CCl)nc2cc(Cl)c(Cl)cc21. The number of hydrogen-bond donors (Lipinski definition) is 0. The van der Waals surface area contributed by atoms with Crippen molar-refractivity contribution in [3.63, 3.8) is 0 Å². The highest BCUT2D eigenvalue weighted by molar-refractivity contribution is 6.42. The third-order valence-corrected chi connectivity index (χ3v) is 4.14. The lowest BCUT2D eigenvalue weighted by molar-refractivity contribution is -0.130. The summed E-state index contributed by atoms with van der Waals surface area (Å²) in [6.45, 7) is 2.75. The quantitative estimate of drug-likeness (QED) is 0.802. The molecular weight excluding hydrogens is 321 g/mol. The van der Waals surface area contributed by atoms with Gasteiger partial charge in [0.05, 0.1) is 27.0 Å². The van der Waals surface area contributed by atoms with Crippen LogP contribution in [0.15, 0.2) is 12.1 Å². The molecule has 0 unspecified atom stereocenters. The number of alkyl halides is 1. The topological polar surface area (TPSA) is 38.1 Å². The van der Waals surface area contributed by atoms with Crippen molar-refractivity contribution in [2.45, 2.75) is 19.3 Å². The molecule has 7 heteroatoms. The van der Waals surface area contributed by atoms with Gasteiger partial charge in [-0.05, 0) is 19.1 Å². The second kappa shape index (κ2) is 6.20. The standard InChI is InChI=1S/C13H14Cl3N3O/c1-3-18(2)13(20)7-19-11-5-9(16)8(15)4-10(11)17-12(19)6-14/h4-5H,3,6-7H2,1-2H3. The van der Waals surface area contributed by atoms with Crippen LogP contribution in [0.5, 0.6) is 0 Å². The molecule has 0 aliphatic rings. The van der Waals surface area contributed by atoms with Gasteiger partial charge >= 0.3 is 0 Å². The maximum atomic E-state index is 12.1. The predicted molar refractivity (Wildman–Crippen MR) is 82.6 cm³/mol. The molecule has 0 saturated carbocycles. The molecule has 0 aliphatic heterocycles. The molecule has 0 radical (unpaired) electrons. The van der Waals surface area contributed by atoms with Crippen molar-refractivity contribution in [3.05, 3.63) is 28.0 Å². The fourth-order valence-corrected chi connectivity index (χ4v) is 2.40. The Labute approximate surface area is 132 Å². The number of amides is 1. The maximum Gasteiger partial charge on any atom is 0.242 e. The smallest absolute Gasteiger partial charge is 0.242 e. The van der Waals surface area contributed by atoms with E-state index in [4.69, 9.17) is 34.8 Å². The predicted octanol–water partition coefficient (Wildman–Crippen LogP) is 3.56. The Balaban J connectivity index is 2.50. The van der Waals surface area contributed by atoms with Crippen molar-refractivity contribution in [2.75, 3.05) is 13.6 Å². The third-order valence-electron chi connectivity index (χ3n) is 3.18. The molecule has 0 saturated heterocycles. The highest BCUT2D eigenvalue weighted by Gasteiger charge is 2.16. The van der Waals surface area contributed by atoms with Gasteiger partial charge in [0.25, 0.3) is 0 Å². The molecule has 0 spiro atoms. The first-order chi connectivity index (χ1) is 9.47. The van der Waals surface area contributed by atoms with Gasteiger partial charge in [-0.25, -0.2) is 4.98 Å². The van der Waals surface area contributed by atoms with E-state index in [1.165, 1.54) is 0 Å². The van der Waals surface area contributed by atoms with Crippen LogP contribution in [-0.2, 0) is 17.2 Å². The molecular formula is C13H14Cl3N3O. The van der Waals surface area contributed by atoms with Gasteiger partial charge in [0.2, 0.25) is 5.91 Å². The number of imidazole rings is 1. The van der Waals surface area contributed by atoms with Crippen LogP contribution in [0.1, 0.15) is 12.7 Å². The molecule has 0 N–H and O–H groups in total.